The first-order chi connectivity index (χ1) is 6.05. The number of rotatable bonds is 3. The monoisotopic (exact) mass is 193 g/mol. The molecule has 0 unspecified atom stereocenters. The smallest absolute Gasteiger partial charge is 0.317 e. The largest absolute Gasteiger partial charge is 0.338 e. The Bertz CT molecular complexity index is 198. The molecule has 0 atom stereocenters. The van der Waals surface area contributed by atoms with Crippen LogP contribution in [0.15, 0.2) is 0 Å². The molecule has 0 aromatic carbocycles. The molecule has 1 fully saturated rings. The molecular weight excluding hydrogens is 180 g/mol. The highest BCUT2D eigenvalue weighted by Crippen LogP contribution is 2.14. The fourth-order valence-corrected chi connectivity index (χ4v) is 1.17. The molecule has 0 aromatic rings. The molecule has 0 radical (unpaired) electrons. The lowest BCUT2D eigenvalue weighted by atomic mass is 10.2. The number of urea groups is 1. The highest BCUT2D eigenvalue weighted by molar-refractivity contribution is 5.74. The molecule has 1 heterocycles. The Hall–Kier alpha value is -0.910. The summed E-state index contributed by atoms with van der Waals surface area (Å²) in [5.41, 5.74) is 4.86. The van der Waals surface area contributed by atoms with Crippen LogP contribution in [0.25, 0.3) is 0 Å². The number of alkyl halides is 2. The molecule has 13 heavy (non-hydrogen) atoms. The van der Waals surface area contributed by atoms with Crippen LogP contribution in [0, 0.1) is 0 Å². The highest BCUT2D eigenvalue weighted by atomic mass is 19.3. The zero-order valence-electron chi connectivity index (χ0n) is 7.22. The fourth-order valence-electron chi connectivity index (χ4n) is 1.17. The summed E-state index contributed by atoms with van der Waals surface area (Å²) in [7, 11) is 0. The van der Waals surface area contributed by atoms with E-state index in [9.17, 15) is 13.6 Å². The minimum absolute atomic E-state index is 0.376. The number of hydrogen-bond acceptors (Lipinski definition) is 2. The van der Waals surface area contributed by atoms with Crippen LogP contribution in [-0.4, -0.2) is 43.0 Å². The third kappa shape index (κ3) is 2.80. The van der Waals surface area contributed by atoms with E-state index >= 15 is 0 Å². The molecule has 0 saturated carbocycles. The number of carbonyl (C=O) groups is 1. The van der Waals surface area contributed by atoms with E-state index in [1.54, 1.807) is 0 Å². The molecule has 0 aromatic heterocycles. The van der Waals surface area contributed by atoms with Gasteiger partial charge in [-0.05, 0) is 6.42 Å². The van der Waals surface area contributed by atoms with Crippen LogP contribution in [0.2, 0.25) is 0 Å². The van der Waals surface area contributed by atoms with Crippen LogP contribution in [0.4, 0.5) is 13.6 Å². The molecule has 1 aliphatic heterocycles. The summed E-state index contributed by atoms with van der Waals surface area (Å²) in [5, 5.41) is 2.49. The second-order valence-electron chi connectivity index (χ2n) is 3.07. The van der Waals surface area contributed by atoms with Gasteiger partial charge in [0.25, 0.3) is 5.92 Å². The zero-order valence-corrected chi connectivity index (χ0v) is 7.22. The highest BCUT2D eigenvalue weighted by Gasteiger charge is 2.32. The molecule has 4 nitrogen and oxygen atoms in total. The van der Waals surface area contributed by atoms with Crippen LogP contribution in [-0.2, 0) is 0 Å². The minimum Gasteiger partial charge on any atom is -0.338 e. The van der Waals surface area contributed by atoms with Crippen LogP contribution in [0.1, 0.15) is 6.42 Å². The number of hydrogen-bond donors (Lipinski definition) is 2. The normalized spacial score (nSPS) is 18.7. The van der Waals surface area contributed by atoms with Gasteiger partial charge in [-0.15, -0.1) is 0 Å². The van der Waals surface area contributed by atoms with E-state index < -0.39 is 25.0 Å². The van der Waals surface area contributed by atoms with Crippen LogP contribution in [0.5, 0.6) is 0 Å². The van der Waals surface area contributed by atoms with E-state index in [0.717, 1.165) is 4.90 Å². The number of nitrogens with two attached hydrogens (primary N) is 1. The first kappa shape index (κ1) is 10.2. The van der Waals surface area contributed by atoms with Crippen molar-refractivity contribution < 1.29 is 13.6 Å². The SMILES string of the molecule is NCC(F)(F)CN1CCCNC1=O. The van der Waals surface area contributed by atoms with Gasteiger partial charge in [-0.25, -0.2) is 13.6 Å². The van der Waals surface area contributed by atoms with E-state index in [-0.39, 0.29) is 0 Å². The second kappa shape index (κ2) is 3.87. The van der Waals surface area contributed by atoms with Gasteiger partial charge in [0.2, 0.25) is 0 Å². The number of halogens is 2. The van der Waals surface area contributed by atoms with Crippen LogP contribution < -0.4 is 11.1 Å². The maximum atomic E-state index is 12.8. The fraction of sp³-hybridized carbons (Fsp3) is 0.857. The van der Waals surface area contributed by atoms with E-state index in [1.165, 1.54) is 0 Å². The molecule has 3 N–H and O–H groups in total. The Labute approximate surface area is 75.1 Å². The lowest BCUT2D eigenvalue weighted by Crippen LogP contribution is -2.52. The summed E-state index contributed by atoms with van der Waals surface area (Å²) < 4.78 is 25.5. The molecule has 1 aliphatic rings. The van der Waals surface area contributed by atoms with Crippen molar-refractivity contribution in [2.24, 2.45) is 5.73 Å². The third-order valence-electron chi connectivity index (χ3n) is 1.89. The van der Waals surface area contributed by atoms with Crippen LogP contribution >= 0.6 is 0 Å². The lowest BCUT2D eigenvalue weighted by Gasteiger charge is -2.30. The summed E-state index contributed by atoms with van der Waals surface area (Å²) >= 11 is 0. The van der Waals surface area contributed by atoms with Crippen molar-refractivity contribution in [1.29, 1.82) is 0 Å². The molecule has 0 spiro atoms. The number of amides is 2. The number of carbonyl (C=O) groups excluding carboxylic acids is 1. The zero-order chi connectivity index (χ0) is 9.90. The third-order valence-corrected chi connectivity index (χ3v) is 1.89. The summed E-state index contributed by atoms with van der Waals surface area (Å²) in [6, 6.07) is -0.431. The van der Waals surface area contributed by atoms with Crippen molar-refractivity contribution in [1.82, 2.24) is 10.2 Å². The maximum Gasteiger partial charge on any atom is 0.317 e. The summed E-state index contributed by atoms with van der Waals surface area (Å²) in [6.45, 7) is -0.378. The Morgan fingerprint density at radius 2 is 2.31 bits per heavy atom. The topological polar surface area (TPSA) is 58.4 Å². The Morgan fingerprint density at radius 3 is 2.85 bits per heavy atom. The quantitative estimate of drug-likeness (QED) is 0.662. The van der Waals surface area contributed by atoms with E-state index in [4.69, 9.17) is 5.73 Å². The number of nitrogens with zero attached hydrogens (tertiary/aromatic N) is 1. The molecule has 76 valence electrons. The van der Waals surface area contributed by atoms with Gasteiger partial charge in [-0.1, -0.05) is 0 Å². The van der Waals surface area contributed by atoms with Gasteiger partial charge in [0.1, 0.15) is 0 Å². The van der Waals surface area contributed by atoms with Gasteiger partial charge in [0, 0.05) is 13.1 Å². The Morgan fingerprint density at radius 1 is 1.62 bits per heavy atom. The van der Waals surface area contributed by atoms with Crippen LogP contribution in [0.3, 0.4) is 0 Å². The first-order valence-electron chi connectivity index (χ1n) is 4.16. The van der Waals surface area contributed by atoms with Gasteiger partial charge in [-0.2, -0.15) is 0 Å². The average Bonchev–Trinajstić information content (AvgIpc) is 2.09. The minimum atomic E-state index is -2.98. The van der Waals surface area contributed by atoms with Gasteiger partial charge in [0.05, 0.1) is 13.1 Å². The van der Waals surface area contributed by atoms with Crippen molar-refractivity contribution in [3.63, 3.8) is 0 Å². The molecule has 6 heteroatoms. The summed E-state index contributed by atoms with van der Waals surface area (Å²) in [6.07, 6.45) is 0.701. The summed E-state index contributed by atoms with van der Waals surface area (Å²) in [4.78, 5) is 12.1. The van der Waals surface area contributed by atoms with Gasteiger partial charge >= 0.3 is 6.03 Å². The maximum absolute atomic E-state index is 12.8. The average molecular weight is 193 g/mol. The standard InChI is InChI=1S/C7H13F2N3O/c8-7(9,4-10)5-12-3-1-2-11-6(12)13/h1-5,10H2,(H,11,13). The predicted molar refractivity (Wildman–Crippen MR) is 43.6 cm³/mol. The molecule has 0 aliphatic carbocycles. The van der Waals surface area contributed by atoms with Crippen molar-refractivity contribution in [3.8, 4) is 0 Å². The van der Waals surface area contributed by atoms with Gasteiger partial charge in [0.15, 0.2) is 0 Å². The van der Waals surface area contributed by atoms with Gasteiger partial charge in [-0.3, -0.25) is 0 Å². The number of nitrogens with one attached hydrogen (secondary N) is 1. The first-order valence-corrected chi connectivity index (χ1v) is 4.16. The van der Waals surface area contributed by atoms with Crippen molar-refractivity contribution in [3.05, 3.63) is 0 Å². The van der Waals surface area contributed by atoms with E-state index in [2.05, 4.69) is 5.32 Å². The van der Waals surface area contributed by atoms with Gasteiger partial charge < -0.3 is 16.0 Å². The van der Waals surface area contributed by atoms with Crippen molar-refractivity contribution in [2.45, 2.75) is 12.3 Å². The Balaban J connectivity index is 2.47. The molecular formula is C7H13F2N3O. The van der Waals surface area contributed by atoms with E-state index in [0.29, 0.717) is 19.5 Å². The van der Waals surface area contributed by atoms with Crippen molar-refractivity contribution >= 4 is 6.03 Å². The lowest BCUT2D eigenvalue weighted by molar-refractivity contribution is -0.0159. The Kier molecular flexibility index (Phi) is 3.02. The molecule has 1 saturated heterocycles. The summed E-state index contributed by atoms with van der Waals surface area (Å²) in [5.74, 6) is -2.98. The molecule has 0 bridgehead atoms. The van der Waals surface area contributed by atoms with Crippen molar-refractivity contribution in [2.75, 3.05) is 26.2 Å². The molecule has 1 rings (SSSR count). The molecule has 2 amide bonds. The second-order valence-corrected chi connectivity index (χ2v) is 3.07. The van der Waals surface area contributed by atoms with E-state index in [1.807, 2.05) is 0 Å². The predicted octanol–water partition coefficient (Wildman–Crippen LogP) is -0.00430.